The maximum absolute atomic E-state index is 12.2. The Labute approximate surface area is 124 Å². The van der Waals surface area contributed by atoms with Crippen LogP contribution in [0.25, 0.3) is 0 Å². The number of carbonyl (C=O) groups is 1. The van der Waals surface area contributed by atoms with Crippen LogP contribution in [0, 0.1) is 6.92 Å². The van der Waals surface area contributed by atoms with Gasteiger partial charge in [-0.15, -0.1) is 11.3 Å². The van der Waals surface area contributed by atoms with Gasteiger partial charge in [-0.05, 0) is 37.3 Å². The highest BCUT2D eigenvalue weighted by atomic mass is 35.5. The number of hydrogen-bond acceptors (Lipinski definition) is 4. The number of thiophene rings is 1. The van der Waals surface area contributed by atoms with Crippen LogP contribution in [-0.2, 0) is 10.0 Å². The summed E-state index contributed by atoms with van der Waals surface area (Å²) in [6, 6.07) is 7.05. The van der Waals surface area contributed by atoms with Gasteiger partial charge in [0.25, 0.3) is 10.0 Å². The molecule has 0 atom stereocenters. The number of hydrogen-bond donors (Lipinski definition) is 2. The van der Waals surface area contributed by atoms with Crippen LogP contribution < -0.4 is 4.72 Å². The van der Waals surface area contributed by atoms with Crippen LogP contribution in [0.2, 0.25) is 5.02 Å². The Balaban J connectivity index is 2.44. The minimum absolute atomic E-state index is 0.0592. The molecule has 8 heteroatoms. The molecule has 1 aromatic carbocycles. The van der Waals surface area contributed by atoms with E-state index in [1.807, 2.05) is 0 Å². The molecule has 0 aliphatic carbocycles. The van der Waals surface area contributed by atoms with Crippen molar-refractivity contribution in [1.29, 1.82) is 0 Å². The molecule has 5 nitrogen and oxygen atoms in total. The molecular formula is C12H10ClNO4S2. The number of sulfonamides is 1. The second-order valence-electron chi connectivity index (χ2n) is 3.97. The molecule has 0 spiro atoms. The third kappa shape index (κ3) is 3.12. The lowest BCUT2D eigenvalue weighted by atomic mass is 10.2. The quantitative estimate of drug-likeness (QED) is 0.901. The molecule has 0 radical (unpaired) electrons. The van der Waals surface area contributed by atoms with E-state index < -0.39 is 16.0 Å². The standard InChI is InChI=1S/C12H10ClNO4S2/c1-7-2-5-11(19-7)20(17,18)14-10-6-8(13)3-4-9(10)12(15)16/h2-6,14H,1H3,(H,15,16). The van der Waals surface area contributed by atoms with Crippen LogP contribution in [0.3, 0.4) is 0 Å². The summed E-state index contributed by atoms with van der Waals surface area (Å²) in [5.41, 5.74) is -0.220. The molecule has 0 aliphatic rings. The molecule has 0 saturated carbocycles. The van der Waals surface area contributed by atoms with E-state index in [0.717, 1.165) is 16.2 Å². The molecule has 0 saturated heterocycles. The zero-order valence-electron chi connectivity index (χ0n) is 10.3. The Hall–Kier alpha value is -1.57. The van der Waals surface area contributed by atoms with Gasteiger partial charge in [0.1, 0.15) is 4.21 Å². The molecule has 106 valence electrons. The molecule has 1 aromatic heterocycles. The molecule has 1 heterocycles. The van der Waals surface area contributed by atoms with Crippen molar-refractivity contribution >= 4 is 44.6 Å². The molecule has 20 heavy (non-hydrogen) atoms. The summed E-state index contributed by atoms with van der Waals surface area (Å²) in [5, 5.41) is 9.30. The van der Waals surface area contributed by atoms with E-state index in [9.17, 15) is 13.2 Å². The number of benzene rings is 1. The van der Waals surface area contributed by atoms with E-state index in [-0.39, 0.29) is 20.5 Å². The number of carboxylic acids is 1. The summed E-state index contributed by atoms with van der Waals surface area (Å²) in [5.74, 6) is -1.23. The maximum atomic E-state index is 12.2. The fourth-order valence-corrected chi connectivity index (χ4v) is 4.06. The first-order valence-corrected chi connectivity index (χ1v) is 8.09. The molecule has 0 bridgehead atoms. The Morgan fingerprint density at radius 2 is 2.00 bits per heavy atom. The van der Waals surface area contributed by atoms with Crippen molar-refractivity contribution < 1.29 is 18.3 Å². The van der Waals surface area contributed by atoms with E-state index in [0.29, 0.717) is 0 Å². The normalized spacial score (nSPS) is 11.3. The van der Waals surface area contributed by atoms with Gasteiger partial charge in [0.05, 0.1) is 11.3 Å². The summed E-state index contributed by atoms with van der Waals surface area (Å²) in [6.45, 7) is 1.78. The first-order valence-electron chi connectivity index (χ1n) is 5.42. The van der Waals surface area contributed by atoms with E-state index in [1.165, 1.54) is 24.3 Å². The van der Waals surface area contributed by atoms with E-state index >= 15 is 0 Å². The van der Waals surface area contributed by atoms with Gasteiger partial charge in [0, 0.05) is 9.90 Å². The first kappa shape index (κ1) is 14.8. The van der Waals surface area contributed by atoms with Gasteiger partial charge >= 0.3 is 5.97 Å². The molecular weight excluding hydrogens is 322 g/mol. The monoisotopic (exact) mass is 331 g/mol. The molecule has 2 aromatic rings. The van der Waals surface area contributed by atoms with Crippen LogP contribution in [0.4, 0.5) is 5.69 Å². The number of nitrogens with one attached hydrogen (secondary N) is 1. The highest BCUT2D eigenvalue weighted by Crippen LogP contribution is 2.27. The lowest BCUT2D eigenvalue weighted by Gasteiger charge is -2.09. The zero-order chi connectivity index (χ0) is 14.9. The van der Waals surface area contributed by atoms with Crippen LogP contribution in [0.15, 0.2) is 34.5 Å². The molecule has 2 N–H and O–H groups in total. The van der Waals surface area contributed by atoms with Crippen LogP contribution >= 0.6 is 22.9 Å². The highest BCUT2D eigenvalue weighted by Gasteiger charge is 2.20. The summed E-state index contributed by atoms with van der Waals surface area (Å²) in [6.07, 6.45) is 0. The van der Waals surface area contributed by atoms with Gasteiger partial charge in [-0.1, -0.05) is 11.6 Å². The number of halogens is 1. The summed E-state index contributed by atoms with van der Waals surface area (Å²) < 4.78 is 26.7. The maximum Gasteiger partial charge on any atom is 0.337 e. The van der Waals surface area contributed by atoms with Crippen molar-refractivity contribution in [3.05, 3.63) is 45.8 Å². The topological polar surface area (TPSA) is 83.5 Å². The van der Waals surface area contributed by atoms with Crippen LogP contribution in [0.5, 0.6) is 0 Å². The Morgan fingerprint density at radius 1 is 1.30 bits per heavy atom. The lowest BCUT2D eigenvalue weighted by Crippen LogP contribution is -2.14. The summed E-state index contributed by atoms with van der Waals surface area (Å²) in [7, 11) is -3.82. The van der Waals surface area contributed by atoms with E-state index in [4.69, 9.17) is 16.7 Å². The fraction of sp³-hybridized carbons (Fsp3) is 0.0833. The second kappa shape index (κ2) is 5.43. The summed E-state index contributed by atoms with van der Waals surface area (Å²) >= 11 is 6.88. The third-order valence-electron chi connectivity index (χ3n) is 2.44. The fourth-order valence-electron chi connectivity index (χ4n) is 1.54. The largest absolute Gasteiger partial charge is 0.478 e. The van der Waals surface area contributed by atoms with Gasteiger partial charge in [-0.2, -0.15) is 0 Å². The smallest absolute Gasteiger partial charge is 0.337 e. The zero-order valence-corrected chi connectivity index (χ0v) is 12.6. The Kier molecular flexibility index (Phi) is 4.03. The number of rotatable bonds is 4. The van der Waals surface area contributed by atoms with Crippen molar-refractivity contribution in [2.75, 3.05) is 4.72 Å². The second-order valence-corrected chi connectivity index (χ2v) is 7.60. The SMILES string of the molecule is Cc1ccc(S(=O)(=O)Nc2cc(Cl)ccc2C(=O)O)s1. The number of carboxylic acid groups (broad SMARTS) is 1. The minimum atomic E-state index is -3.82. The van der Waals surface area contributed by atoms with Gasteiger partial charge in [-0.3, -0.25) is 4.72 Å². The average Bonchev–Trinajstić information content (AvgIpc) is 2.75. The van der Waals surface area contributed by atoms with E-state index in [2.05, 4.69) is 4.72 Å². The van der Waals surface area contributed by atoms with Gasteiger partial charge < -0.3 is 5.11 Å². The number of aryl methyl sites for hydroxylation is 1. The van der Waals surface area contributed by atoms with Gasteiger partial charge in [0.2, 0.25) is 0 Å². The predicted molar refractivity (Wildman–Crippen MR) is 78.3 cm³/mol. The lowest BCUT2D eigenvalue weighted by molar-refractivity contribution is 0.0698. The van der Waals surface area contributed by atoms with Gasteiger partial charge in [-0.25, -0.2) is 13.2 Å². The number of anilines is 1. The number of aromatic carboxylic acids is 1. The van der Waals surface area contributed by atoms with Crippen LogP contribution in [0.1, 0.15) is 15.2 Å². The molecule has 0 unspecified atom stereocenters. The minimum Gasteiger partial charge on any atom is -0.478 e. The summed E-state index contributed by atoms with van der Waals surface area (Å²) in [4.78, 5) is 11.9. The van der Waals surface area contributed by atoms with Crippen molar-refractivity contribution in [2.24, 2.45) is 0 Å². The van der Waals surface area contributed by atoms with Crippen molar-refractivity contribution in [1.82, 2.24) is 0 Å². The van der Waals surface area contributed by atoms with Crippen LogP contribution in [-0.4, -0.2) is 19.5 Å². The molecule has 0 fully saturated rings. The molecule has 0 aliphatic heterocycles. The highest BCUT2D eigenvalue weighted by molar-refractivity contribution is 7.94. The molecule has 0 amide bonds. The predicted octanol–water partition coefficient (Wildman–Crippen LogP) is 3.21. The van der Waals surface area contributed by atoms with Crippen molar-refractivity contribution in [2.45, 2.75) is 11.1 Å². The first-order chi connectivity index (χ1) is 9.29. The van der Waals surface area contributed by atoms with Crippen molar-refractivity contribution in [3.63, 3.8) is 0 Å². The Morgan fingerprint density at radius 3 is 2.55 bits per heavy atom. The third-order valence-corrected chi connectivity index (χ3v) is 5.53. The Bertz CT molecular complexity index is 768. The van der Waals surface area contributed by atoms with Crippen molar-refractivity contribution in [3.8, 4) is 0 Å². The molecule has 2 rings (SSSR count). The average molecular weight is 332 g/mol. The van der Waals surface area contributed by atoms with E-state index in [1.54, 1.807) is 13.0 Å². The van der Waals surface area contributed by atoms with Gasteiger partial charge in [0.15, 0.2) is 0 Å².